The summed E-state index contributed by atoms with van der Waals surface area (Å²) >= 11 is 0. The molecule has 0 heterocycles. The van der Waals surface area contributed by atoms with Gasteiger partial charge in [-0.05, 0) is 36.5 Å². The van der Waals surface area contributed by atoms with E-state index >= 15 is 0 Å². The summed E-state index contributed by atoms with van der Waals surface area (Å²) in [5.41, 5.74) is 0.703. The van der Waals surface area contributed by atoms with E-state index in [9.17, 15) is 13.5 Å². The first-order valence-electron chi connectivity index (χ1n) is 7.23. The lowest BCUT2D eigenvalue weighted by Crippen LogP contribution is -2.25. The number of sulfone groups is 1. The van der Waals surface area contributed by atoms with Crippen LogP contribution in [0.1, 0.15) is 24.5 Å². The number of benzene rings is 1. The molecule has 0 aromatic heterocycles. The van der Waals surface area contributed by atoms with Crippen molar-refractivity contribution in [2.45, 2.75) is 23.8 Å². The second-order valence-corrected chi connectivity index (χ2v) is 7.60. The van der Waals surface area contributed by atoms with E-state index in [4.69, 9.17) is 4.74 Å². The van der Waals surface area contributed by atoms with Crippen LogP contribution in [0.4, 0.5) is 0 Å². The zero-order valence-corrected chi connectivity index (χ0v) is 13.1. The Labute approximate surface area is 126 Å². The van der Waals surface area contributed by atoms with Crippen LogP contribution in [0.3, 0.4) is 0 Å². The molecule has 1 atom stereocenters. The Hall–Kier alpha value is -0.950. The lowest BCUT2D eigenvalue weighted by Gasteiger charge is -2.13. The molecule has 21 heavy (non-hydrogen) atoms. The molecule has 0 aliphatic heterocycles. The zero-order chi connectivity index (χ0) is 15.3. The van der Waals surface area contributed by atoms with Crippen LogP contribution >= 0.6 is 0 Å². The summed E-state index contributed by atoms with van der Waals surface area (Å²) in [5, 5.41) is 13.1. The second kappa shape index (κ2) is 7.35. The predicted octanol–water partition coefficient (Wildman–Crippen LogP) is 1.14. The molecule has 0 bridgehead atoms. The van der Waals surface area contributed by atoms with Crippen molar-refractivity contribution >= 4 is 9.84 Å². The van der Waals surface area contributed by atoms with Crippen LogP contribution in [0.15, 0.2) is 29.2 Å². The molecule has 2 N–H and O–H groups in total. The highest BCUT2D eigenvalue weighted by Crippen LogP contribution is 2.28. The summed E-state index contributed by atoms with van der Waals surface area (Å²) in [6.07, 6.45) is 3.09. The van der Waals surface area contributed by atoms with Crippen molar-refractivity contribution in [3.05, 3.63) is 29.8 Å². The molecular formula is C15H23NO4S. The molecule has 2 rings (SSSR count). The maximum Gasteiger partial charge on any atom is 0.175 e. The number of hydrogen-bond donors (Lipinski definition) is 2. The number of aliphatic hydroxyl groups excluding tert-OH is 1. The molecule has 1 aliphatic carbocycles. The Morgan fingerprint density at radius 2 is 2.00 bits per heavy atom. The van der Waals surface area contributed by atoms with Crippen LogP contribution < -0.4 is 5.32 Å². The Balaban J connectivity index is 1.68. The van der Waals surface area contributed by atoms with Gasteiger partial charge in [0.05, 0.1) is 17.6 Å². The van der Waals surface area contributed by atoms with Gasteiger partial charge in [-0.1, -0.05) is 12.1 Å². The monoisotopic (exact) mass is 313 g/mol. The third kappa shape index (κ3) is 5.74. The first kappa shape index (κ1) is 16.4. The molecule has 5 nitrogen and oxygen atoms in total. The van der Waals surface area contributed by atoms with E-state index in [2.05, 4.69) is 5.32 Å². The van der Waals surface area contributed by atoms with Gasteiger partial charge in [0.25, 0.3) is 0 Å². The minimum atomic E-state index is -3.19. The molecule has 0 spiro atoms. The molecule has 6 heteroatoms. The number of ether oxygens (including phenoxy) is 1. The fourth-order valence-corrected chi connectivity index (χ4v) is 2.60. The number of nitrogens with one attached hydrogen (secondary N) is 1. The van der Waals surface area contributed by atoms with E-state index < -0.39 is 15.9 Å². The first-order valence-corrected chi connectivity index (χ1v) is 9.12. The van der Waals surface area contributed by atoms with Crippen LogP contribution in [-0.2, 0) is 14.6 Å². The third-order valence-electron chi connectivity index (χ3n) is 3.50. The summed E-state index contributed by atoms with van der Waals surface area (Å²) in [6.45, 7) is 2.61. The third-order valence-corrected chi connectivity index (χ3v) is 4.63. The van der Waals surface area contributed by atoms with Gasteiger partial charge in [0.2, 0.25) is 0 Å². The highest BCUT2D eigenvalue weighted by molar-refractivity contribution is 7.90. The van der Waals surface area contributed by atoms with Crippen molar-refractivity contribution in [1.29, 1.82) is 0 Å². The summed E-state index contributed by atoms with van der Waals surface area (Å²) in [4.78, 5) is 0.264. The van der Waals surface area contributed by atoms with E-state index in [1.165, 1.54) is 31.2 Å². The van der Waals surface area contributed by atoms with E-state index in [0.717, 1.165) is 12.5 Å². The SMILES string of the molecule is CS(=O)(=O)c1ccc(C(O)CNCCOCC2CC2)cc1. The van der Waals surface area contributed by atoms with Gasteiger partial charge in [0.15, 0.2) is 9.84 Å². The van der Waals surface area contributed by atoms with Gasteiger partial charge in [-0.15, -0.1) is 0 Å². The highest BCUT2D eigenvalue weighted by atomic mass is 32.2. The van der Waals surface area contributed by atoms with E-state index in [1.807, 2.05) is 0 Å². The van der Waals surface area contributed by atoms with Crippen molar-refractivity contribution in [1.82, 2.24) is 5.32 Å². The van der Waals surface area contributed by atoms with Crippen molar-refractivity contribution in [3.63, 3.8) is 0 Å². The largest absolute Gasteiger partial charge is 0.387 e. The maximum absolute atomic E-state index is 11.3. The van der Waals surface area contributed by atoms with E-state index in [1.54, 1.807) is 12.1 Å². The van der Waals surface area contributed by atoms with Gasteiger partial charge in [-0.3, -0.25) is 0 Å². The average molecular weight is 313 g/mol. The lowest BCUT2D eigenvalue weighted by atomic mass is 10.1. The van der Waals surface area contributed by atoms with E-state index in [0.29, 0.717) is 25.3 Å². The standard InChI is InChI=1S/C15H23NO4S/c1-21(18,19)14-6-4-13(5-7-14)15(17)10-16-8-9-20-11-12-2-3-12/h4-7,12,15-17H,2-3,8-11H2,1H3. The minimum Gasteiger partial charge on any atom is -0.387 e. The molecule has 0 amide bonds. The van der Waals surface area contributed by atoms with Crippen molar-refractivity contribution < 1.29 is 18.3 Å². The average Bonchev–Trinajstić information content (AvgIpc) is 3.26. The molecule has 1 saturated carbocycles. The highest BCUT2D eigenvalue weighted by Gasteiger charge is 2.20. The van der Waals surface area contributed by atoms with Crippen molar-refractivity contribution in [2.75, 3.05) is 32.6 Å². The van der Waals surface area contributed by atoms with Gasteiger partial charge >= 0.3 is 0 Å². The molecule has 1 aromatic rings. The summed E-state index contributed by atoms with van der Waals surface area (Å²) in [6, 6.07) is 6.33. The van der Waals surface area contributed by atoms with Crippen molar-refractivity contribution in [3.8, 4) is 0 Å². The number of rotatable bonds is 9. The lowest BCUT2D eigenvalue weighted by molar-refractivity contribution is 0.119. The molecule has 0 radical (unpaired) electrons. The Kier molecular flexibility index (Phi) is 5.75. The molecular weight excluding hydrogens is 290 g/mol. The molecule has 1 aromatic carbocycles. The Bertz CT molecular complexity index is 537. The Morgan fingerprint density at radius 1 is 1.33 bits per heavy atom. The van der Waals surface area contributed by atoms with Gasteiger partial charge < -0.3 is 15.2 Å². The van der Waals surface area contributed by atoms with E-state index in [-0.39, 0.29) is 4.90 Å². The zero-order valence-electron chi connectivity index (χ0n) is 12.3. The van der Waals surface area contributed by atoms with Gasteiger partial charge in [-0.25, -0.2) is 8.42 Å². The van der Waals surface area contributed by atoms with Gasteiger partial charge in [0, 0.05) is 26.0 Å². The molecule has 1 fully saturated rings. The molecule has 0 saturated heterocycles. The predicted molar refractivity (Wildman–Crippen MR) is 80.9 cm³/mol. The quantitative estimate of drug-likeness (QED) is 0.669. The molecule has 1 aliphatic rings. The topological polar surface area (TPSA) is 75.6 Å². The summed E-state index contributed by atoms with van der Waals surface area (Å²) < 4.78 is 28.2. The smallest absolute Gasteiger partial charge is 0.175 e. The Morgan fingerprint density at radius 3 is 2.57 bits per heavy atom. The first-order chi connectivity index (χ1) is 9.97. The van der Waals surface area contributed by atoms with Crippen LogP contribution in [0, 0.1) is 5.92 Å². The second-order valence-electron chi connectivity index (χ2n) is 5.58. The van der Waals surface area contributed by atoms with Gasteiger partial charge in [-0.2, -0.15) is 0 Å². The van der Waals surface area contributed by atoms with Gasteiger partial charge in [0.1, 0.15) is 0 Å². The van der Waals surface area contributed by atoms with Crippen molar-refractivity contribution in [2.24, 2.45) is 5.92 Å². The normalized spacial score (nSPS) is 16.9. The number of hydrogen-bond acceptors (Lipinski definition) is 5. The van der Waals surface area contributed by atoms with Crippen LogP contribution in [0.2, 0.25) is 0 Å². The maximum atomic E-state index is 11.3. The van der Waals surface area contributed by atoms with Crippen LogP contribution in [0.25, 0.3) is 0 Å². The number of aliphatic hydroxyl groups is 1. The summed E-state index contributed by atoms with van der Waals surface area (Å²) in [5.74, 6) is 0.768. The van der Waals surface area contributed by atoms with Crippen LogP contribution in [0.5, 0.6) is 0 Å². The minimum absolute atomic E-state index is 0.264. The fraction of sp³-hybridized carbons (Fsp3) is 0.600. The van der Waals surface area contributed by atoms with Crippen LogP contribution in [-0.4, -0.2) is 46.1 Å². The fourth-order valence-electron chi connectivity index (χ4n) is 1.97. The molecule has 1 unspecified atom stereocenters. The summed E-state index contributed by atoms with van der Waals surface area (Å²) in [7, 11) is -3.19. The molecule has 118 valence electrons.